The third-order valence-corrected chi connectivity index (χ3v) is 5.32. The number of hydrazone groups is 1. The van der Waals surface area contributed by atoms with Crippen molar-refractivity contribution in [3.8, 4) is 17.2 Å². The van der Waals surface area contributed by atoms with Crippen molar-refractivity contribution < 1.29 is 22.6 Å². The van der Waals surface area contributed by atoms with Crippen LogP contribution >= 0.6 is 0 Å². The van der Waals surface area contributed by atoms with Crippen molar-refractivity contribution >= 4 is 16.2 Å². The number of hydrogen-bond donors (Lipinski definition) is 1. The standard InChI is InChI=1S/C19H32N2O5S/c1-5-6-7-8-9-10-11-12-27(22,23)21-20-15-16-13-17(24-2)19(26-4)18(14-16)25-3/h13-15,21H,5-12H2,1-4H3/b20-15+. The summed E-state index contributed by atoms with van der Waals surface area (Å²) < 4.78 is 39.8. The van der Waals surface area contributed by atoms with Gasteiger partial charge in [0.15, 0.2) is 11.5 Å². The molecule has 0 unspecified atom stereocenters. The Hall–Kier alpha value is -1.96. The number of methoxy groups -OCH3 is 3. The molecule has 0 fully saturated rings. The summed E-state index contributed by atoms with van der Waals surface area (Å²) in [4.78, 5) is 2.25. The molecule has 0 heterocycles. The van der Waals surface area contributed by atoms with Crippen molar-refractivity contribution in [2.24, 2.45) is 5.10 Å². The molecule has 0 aliphatic rings. The largest absolute Gasteiger partial charge is 0.493 e. The summed E-state index contributed by atoms with van der Waals surface area (Å²) in [7, 11) is 1.13. The normalized spacial score (nSPS) is 11.6. The van der Waals surface area contributed by atoms with Crippen LogP contribution in [0.1, 0.15) is 57.4 Å². The molecule has 1 aromatic rings. The summed E-state index contributed by atoms with van der Waals surface area (Å²) in [6, 6.07) is 3.38. The van der Waals surface area contributed by atoms with Gasteiger partial charge in [0.1, 0.15) is 0 Å². The predicted molar refractivity (Wildman–Crippen MR) is 109 cm³/mol. The lowest BCUT2D eigenvalue weighted by Crippen LogP contribution is -2.21. The molecule has 0 atom stereocenters. The molecule has 0 spiro atoms. The molecular weight excluding hydrogens is 368 g/mol. The number of nitrogens with zero attached hydrogens (tertiary/aromatic N) is 1. The minimum Gasteiger partial charge on any atom is -0.493 e. The summed E-state index contributed by atoms with van der Waals surface area (Å²) in [5, 5.41) is 3.84. The van der Waals surface area contributed by atoms with Gasteiger partial charge in [-0.25, -0.2) is 13.2 Å². The smallest absolute Gasteiger partial charge is 0.247 e. The van der Waals surface area contributed by atoms with Crippen LogP contribution in [0.4, 0.5) is 0 Å². The average Bonchev–Trinajstić information content (AvgIpc) is 2.66. The predicted octanol–water partition coefficient (Wildman–Crippen LogP) is 3.72. The van der Waals surface area contributed by atoms with E-state index in [0.717, 1.165) is 12.8 Å². The topological polar surface area (TPSA) is 86.2 Å². The first kappa shape index (κ1) is 23.1. The van der Waals surface area contributed by atoms with Gasteiger partial charge in [-0.15, -0.1) is 0 Å². The van der Waals surface area contributed by atoms with Crippen LogP contribution in [0, 0.1) is 0 Å². The third-order valence-electron chi connectivity index (χ3n) is 4.11. The molecule has 8 heteroatoms. The van der Waals surface area contributed by atoms with Crippen LogP contribution in [0.25, 0.3) is 0 Å². The number of hydrogen-bond acceptors (Lipinski definition) is 6. The zero-order valence-corrected chi connectivity index (χ0v) is 17.6. The molecule has 154 valence electrons. The van der Waals surface area contributed by atoms with Crippen molar-refractivity contribution in [3.05, 3.63) is 17.7 Å². The summed E-state index contributed by atoms with van der Waals surface area (Å²) >= 11 is 0. The van der Waals surface area contributed by atoms with Gasteiger partial charge in [-0.1, -0.05) is 45.4 Å². The van der Waals surface area contributed by atoms with Crippen LogP contribution < -0.4 is 19.0 Å². The van der Waals surface area contributed by atoms with E-state index in [9.17, 15) is 8.42 Å². The van der Waals surface area contributed by atoms with Crippen molar-refractivity contribution in [1.29, 1.82) is 0 Å². The highest BCUT2D eigenvalue weighted by Crippen LogP contribution is 2.37. The van der Waals surface area contributed by atoms with Gasteiger partial charge in [0.25, 0.3) is 0 Å². The Morgan fingerprint density at radius 3 is 2.00 bits per heavy atom. The molecule has 0 radical (unpaired) electrons. The SMILES string of the molecule is CCCCCCCCCS(=O)(=O)N/N=C/c1cc(OC)c(OC)c(OC)c1. The second kappa shape index (κ2) is 12.4. The summed E-state index contributed by atoms with van der Waals surface area (Å²) in [6.45, 7) is 2.18. The minimum absolute atomic E-state index is 0.0768. The van der Waals surface area contributed by atoms with Gasteiger partial charge in [-0.3, -0.25) is 0 Å². The number of nitrogens with one attached hydrogen (secondary N) is 1. The lowest BCUT2D eigenvalue weighted by Gasteiger charge is -2.12. The molecule has 1 N–H and O–H groups in total. The quantitative estimate of drug-likeness (QED) is 0.292. The molecule has 0 amide bonds. The fourth-order valence-electron chi connectivity index (χ4n) is 2.65. The molecule has 1 aromatic carbocycles. The third kappa shape index (κ3) is 8.51. The van der Waals surface area contributed by atoms with E-state index in [1.807, 2.05) is 0 Å². The monoisotopic (exact) mass is 400 g/mol. The Labute approximate surface area is 163 Å². The Morgan fingerprint density at radius 1 is 0.926 bits per heavy atom. The van der Waals surface area contributed by atoms with Crippen LogP contribution in [0.2, 0.25) is 0 Å². The van der Waals surface area contributed by atoms with Crippen LogP contribution in [-0.4, -0.2) is 41.7 Å². The highest BCUT2D eigenvalue weighted by molar-refractivity contribution is 7.89. The maximum Gasteiger partial charge on any atom is 0.247 e. The van der Waals surface area contributed by atoms with E-state index in [1.165, 1.54) is 53.2 Å². The fraction of sp³-hybridized carbons (Fsp3) is 0.632. The van der Waals surface area contributed by atoms with Gasteiger partial charge in [-0.2, -0.15) is 5.10 Å². The highest BCUT2D eigenvalue weighted by atomic mass is 32.2. The first-order valence-corrected chi connectivity index (χ1v) is 10.9. The van der Waals surface area contributed by atoms with E-state index >= 15 is 0 Å². The van der Waals surface area contributed by atoms with Gasteiger partial charge in [0, 0.05) is 5.56 Å². The lowest BCUT2D eigenvalue weighted by atomic mass is 10.1. The van der Waals surface area contributed by atoms with Gasteiger partial charge < -0.3 is 14.2 Å². The molecule has 0 saturated heterocycles. The van der Waals surface area contributed by atoms with Crippen molar-refractivity contribution in [2.45, 2.75) is 51.9 Å². The molecule has 7 nitrogen and oxygen atoms in total. The Bertz CT molecular complexity index is 664. The van der Waals surface area contributed by atoms with E-state index in [2.05, 4.69) is 16.9 Å². The fourth-order valence-corrected chi connectivity index (χ4v) is 3.54. The first-order chi connectivity index (χ1) is 13.0. The van der Waals surface area contributed by atoms with Crippen molar-refractivity contribution in [3.63, 3.8) is 0 Å². The van der Waals surface area contributed by atoms with Crippen LogP contribution in [0.15, 0.2) is 17.2 Å². The van der Waals surface area contributed by atoms with Crippen LogP contribution in [-0.2, 0) is 10.0 Å². The average molecular weight is 401 g/mol. The molecule has 27 heavy (non-hydrogen) atoms. The van der Waals surface area contributed by atoms with Gasteiger partial charge in [0.05, 0.1) is 33.3 Å². The second-order valence-electron chi connectivity index (χ2n) is 6.25. The summed E-state index contributed by atoms with van der Waals surface area (Å²) in [5.74, 6) is 1.50. The van der Waals surface area contributed by atoms with Gasteiger partial charge in [0.2, 0.25) is 15.8 Å². The Kier molecular flexibility index (Phi) is 10.6. The van der Waals surface area contributed by atoms with Crippen LogP contribution in [0.5, 0.6) is 17.2 Å². The van der Waals surface area contributed by atoms with E-state index < -0.39 is 10.0 Å². The zero-order chi connectivity index (χ0) is 20.1. The lowest BCUT2D eigenvalue weighted by molar-refractivity contribution is 0.324. The Morgan fingerprint density at radius 2 is 1.48 bits per heavy atom. The molecule has 0 saturated carbocycles. The molecule has 1 rings (SSSR count). The summed E-state index contributed by atoms with van der Waals surface area (Å²) in [6.07, 6.45) is 8.89. The van der Waals surface area contributed by atoms with Crippen LogP contribution in [0.3, 0.4) is 0 Å². The van der Waals surface area contributed by atoms with E-state index in [0.29, 0.717) is 29.2 Å². The van der Waals surface area contributed by atoms with E-state index in [-0.39, 0.29) is 5.75 Å². The van der Waals surface area contributed by atoms with E-state index in [4.69, 9.17) is 14.2 Å². The number of sulfonamides is 1. The highest BCUT2D eigenvalue weighted by Gasteiger charge is 2.13. The molecule has 0 aromatic heterocycles. The van der Waals surface area contributed by atoms with Gasteiger partial charge >= 0.3 is 0 Å². The molecule has 0 bridgehead atoms. The number of ether oxygens (including phenoxy) is 3. The number of unbranched alkanes of at least 4 members (excludes halogenated alkanes) is 6. The maximum atomic E-state index is 12.0. The maximum absolute atomic E-state index is 12.0. The Balaban J connectivity index is 2.55. The zero-order valence-electron chi connectivity index (χ0n) is 16.8. The minimum atomic E-state index is -3.43. The molecule has 0 aliphatic carbocycles. The van der Waals surface area contributed by atoms with Crippen molar-refractivity contribution in [1.82, 2.24) is 4.83 Å². The van der Waals surface area contributed by atoms with Crippen molar-refractivity contribution in [2.75, 3.05) is 27.1 Å². The number of benzene rings is 1. The second-order valence-corrected chi connectivity index (χ2v) is 8.07. The number of rotatable bonds is 14. The summed E-state index contributed by atoms with van der Waals surface area (Å²) in [5.41, 5.74) is 0.628. The molecular formula is C19H32N2O5S. The first-order valence-electron chi connectivity index (χ1n) is 9.30. The molecule has 0 aliphatic heterocycles. The van der Waals surface area contributed by atoms with Gasteiger partial charge in [-0.05, 0) is 18.6 Å². The van der Waals surface area contributed by atoms with E-state index in [1.54, 1.807) is 12.1 Å².